The van der Waals surface area contributed by atoms with E-state index < -0.39 is 6.03 Å². The van der Waals surface area contributed by atoms with Crippen LogP contribution in [0.25, 0.3) is 0 Å². The number of aliphatic hydroxyl groups excluding tert-OH is 2. The van der Waals surface area contributed by atoms with E-state index in [2.05, 4.69) is 20.3 Å². The van der Waals surface area contributed by atoms with Crippen LogP contribution >= 0.6 is 0 Å². The summed E-state index contributed by atoms with van der Waals surface area (Å²) in [6.07, 6.45) is 4.54. The number of piperidine rings is 1. The molecule has 1 saturated heterocycles. The van der Waals surface area contributed by atoms with Crippen LogP contribution in [0.2, 0.25) is 0 Å². The molecule has 0 radical (unpaired) electrons. The Labute approximate surface area is 162 Å². The molecule has 1 aromatic rings. The SMILES string of the molecule is NC(=O)Nc1cc(N2CCCCC2CO)ccc1N=C1C=N[N+](CCO)=C1N. The summed E-state index contributed by atoms with van der Waals surface area (Å²) in [4.78, 5) is 18.1. The minimum atomic E-state index is -0.699. The molecular weight excluding hydrogens is 362 g/mol. The van der Waals surface area contributed by atoms with E-state index in [1.165, 1.54) is 10.9 Å². The number of hydrogen-bond acceptors (Lipinski definition) is 7. The van der Waals surface area contributed by atoms with Crippen molar-refractivity contribution in [2.24, 2.45) is 21.6 Å². The van der Waals surface area contributed by atoms with Crippen LogP contribution in [0.15, 0.2) is 28.3 Å². The summed E-state index contributed by atoms with van der Waals surface area (Å²) in [6, 6.07) is 4.81. The average Bonchev–Trinajstić information content (AvgIpc) is 3.03. The zero-order valence-corrected chi connectivity index (χ0v) is 15.6. The Balaban J connectivity index is 1.95. The molecule has 10 nitrogen and oxygen atoms in total. The fraction of sp³-hybridized carbons (Fsp3) is 0.444. The van der Waals surface area contributed by atoms with Gasteiger partial charge in [0.15, 0.2) is 5.71 Å². The second kappa shape index (κ2) is 8.81. The number of aliphatic hydroxyl groups is 2. The molecule has 150 valence electrons. The number of amidine groups is 1. The first kappa shape index (κ1) is 19.8. The van der Waals surface area contributed by atoms with Gasteiger partial charge in [0.25, 0.3) is 0 Å². The Bertz CT molecular complexity index is 834. The van der Waals surface area contributed by atoms with E-state index in [4.69, 9.17) is 16.6 Å². The van der Waals surface area contributed by atoms with Gasteiger partial charge in [0.1, 0.15) is 12.8 Å². The van der Waals surface area contributed by atoms with Crippen molar-refractivity contribution >= 4 is 40.9 Å². The summed E-state index contributed by atoms with van der Waals surface area (Å²) in [5, 5.41) is 25.4. The molecule has 3 rings (SSSR count). The number of nitrogens with two attached hydrogens (primary N) is 2. The van der Waals surface area contributed by atoms with Gasteiger partial charge in [-0.3, -0.25) is 5.73 Å². The highest BCUT2D eigenvalue weighted by atomic mass is 16.3. The fourth-order valence-corrected chi connectivity index (χ4v) is 3.44. The molecule has 7 N–H and O–H groups in total. The third-order valence-electron chi connectivity index (χ3n) is 4.82. The summed E-state index contributed by atoms with van der Waals surface area (Å²) in [5.41, 5.74) is 13.6. The Morgan fingerprint density at radius 2 is 2.21 bits per heavy atom. The topological polar surface area (TPSA) is 153 Å². The van der Waals surface area contributed by atoms with E-state index in [9.17, 15) is 9.90 Å². The highest BCUT2D eigenvalue weighted by molar-refractivity contribution is 6.62. The number of hydrazone groups is 1. The van der Waals surface area contributed by atoms with E-state index in [0.29, 0.717) is 22.9 Å². The van der Waals surface area contributed by atoms with Gasteiger partial charge in [-0.2, -0.15) is 0 Å². The number of nitrogens with zero attached hydrogens (tertiary/aromatic N) is 4. The number of carbonyl (C=O) groups excluding carboxylic acids is 1. The second-order valence-corrected chi connectivity index (χ2v) is 6.69. The van der Waals surface area contributed by atoms with Gasteiger partial charge in [0.2, 0.25) is 0 Å². The van der Waals surface area contributed by atoms with Gasteiger partial charge in [0, 0.05) is 12.2 Å². The maximum Gasteiger partial charge on any atom is 0.321 e. The summed E-state index contributed by atoms with van der Waals surface area (Å²) in [7, 11) is 0. The molecule has 28 heavy (non-hydrogen) atoms. The molecule has 10 heteroatoms. The van der Waals surface area contributed by atoms with Gasteiger partial charge in [-0.05, 0) is 37.5 Å². The quantitative estimate of drug-likeness (QED) is 0.433. The minimum absolute atomic E-state index is 0.0466. The zero-order valence-electron chi connectivity index (χ0n) is 15.6. The smallest absolute Gasteiger partial charge is 0.321 e. The molecule has 2 amide bonds. The van der Waals surface area contributed by atoms with E-state index in [1.807, 2.05) is 6.07 Å². The molecule has 0 spiro atoms. The van der Waals surface area contributed by atoms with Crippen LogP contribution in [-0.4, -0.2) is 71.0 Å². The van der Waals surface area contributed by atoms with Crippen LogP contribution in [0, 0.1) is 0 Å². The summed E-state index contributed by atoms with van der Waals surface area (Å²) < 4.78 is 1.45. The molecule has 0 saturated carbocycles. The lowest BCUT2D eigenvalue weighted by Crippen LogP contribution is -2.41. The van der Waals surface area contributed by atoms with E-state index in [0.717, 1.165) is 31.5 Å². The van der Waals surface area contributed by atoms with Crippen molar-refractivity contribution in [2.75, 3.05) is 36.5 Å². The third-order valence-corrected chi connectivity index (χ3v) is 4.82. The molecule has 1 aromatic carbocycles. The number of nitrogens with one attached hydrogen (secondary N) is 1. The molecule has 1 atom stereocenters. The van der Waals surface area contributed by atoms with Gasteiger partial charge in [0.05, 0.1) is 30.6 Å². The summed E-state index contributed by atoms with van der Waals surface area (Å²) in [6.45, 7) is 1.09. The second-order valence-electron chi connectivity index (χ2n) is 6.69. The highest BCUT2D eigenvalue weighted by Gasteiger charge is 2.24. The molecule has 2 aliphatic rings. The number of β-amino-alcohol motifs (C(OH)–C–C–N with tert-alkyl or cyclic N) is 1. The predicted octanol–water partition coefficient (Wildman–Crippen LogP) is -0.0377. The largest absolute Gasteiger partial charge is 0.394 e. The monoisotopic (exact) mass is 388 g/mol. The summed E-state index contributed by atoms with van der Waals surface area (Å²) >= 11 is 0. The highest BCUT2D eigenvalue weighted by Crippen LogP contribution is 2.33. The van der Waals surface area contributed by atoms with Crippen molar-refractivity contribution < 1.29 is 19.7 Å². The van der Waals surface area contributed by atoms with Crippen LogP contribution in [0.4, 0.5) is 21.9 Å². The number of urea groups is 1. The Kier molecular flexibility index (Phi) is 6.22. The van der Waals surface area contributed by atoms with Crippen molar-refractivity contribution in [1.82, 2.24) is 0 Å². The van der Waals surface area contributed by atoms with Gasteiger partial charge < -0.3 is 26.2 Å². The van der Waals surface area contributed by atoms with Crippen molar-refractivity contribution in [2.45, 2.75) is 25.3 Å². The van der Waals surface area contributed by atoms with Gasteiger partial charge in [-0.1, -0.05) is 5.10 Å². The first-order valence-corrected chi connectivity index (χ1v) is 9.25. The van der Waals surface area contributed by atoms with Crippen LogP contribution < -0.4 is 21.7 Å². The molecule has 2 heterocycles. The fourth-order valence-electron chi connectivity index (χ4n) is 3.44. The number of hydrogen-bond donors (Lipinski definition) is 5. The number of carbonyl (C=O) groups is 1. The molecule has 0 bridgehead atoms. The lowest BCUT2D eigenvalue weighted by atomic mass is 10.0. The number of rotatable bonds is 6. The molecule has 2 aliphatic heterocycles. The standard InChI is InChI=1S/C18H25N7O3/c19-17-16(10-21-25(17)7-8-26)22-14-5-4-12(9-15(14)23-18(20)28)24-6-2-1-3-13(24)11-27/h4-5,9-10,13,26-27H,1-3,6-8,11H2,(H4,19,20,21,23,28)/p+1. The van der Waals surface area contributed by atoms with Gasteiger partial charge in [-0.25, -0.2) is 9.79 Å². The van der Waals surface area contributed by atoms with E-state index >= 15 is 0 Å². The first-order valence-electron chi connectivity index (χ1n) is 9.25. The van der Waals surface area contributed by atoms with Crippen LogP contribution in [0.1, 0.15) is 19.3 Å². The van der Waals surface area contributed by atoms with Crippen LogP contribution in [0.5, 0.6) is 0 Å². The molecular formula is C18H26N7O3+. The van der Waals surface area contributed by atoms with Gasteiger partial charge in [-0.15, -0.1) is 4.68 Å². The maximum atomic E-state index is 11.5. The number of benzene rings is 1. The predicted molar refractivity (Wildman–Crippen MR) is 109 cm³/mol. The van der Waals surface area contributed by atoms with Crippen LogP contribution in [-0.2, 0) is 0 Å². The first-order chi connectivity index (χ1) is 13.5. The van der Waals surface area contributed by atoms with Crippen molar-refractivity contribution in [3.05, 3.63) is 18.2 Å². The van der Waals surface area contributed by atoms with E-state index in [1.54, 1.807) is 12.1 Å². The zero-order chi connectivity index (χ0) is 20.1. The molecule has 0 aliphatic carbocycles. The number of primary amides is 1. The number of amides is 2. The van der Waals surface area contributed by atoms with Crippen LogP contribution in [0.3, 0.4) is 0 Å². The molecule has 1 unspecified atom stereocenters. The van der Waals surface area contributed by atoms with E-state index in [-0.39, 0.29) is 25.8 Å². The van der Waals surface area contributed by atoms with Gasteiger partial charge >= 0.3 is 11.9 Å². The van der Waals surface area contributed by atoms with Crippen molar-refractivity contribution in [1.29, 1.82) is 0 Å². The third kappa shape index (κ3) is 4.29. The molecule has 0 aromatic heterocycles. The molecule has 1 fully saturated rings. The Morgan fingerprint density at radius 1 is 1.39 bits per heavy atom. The van der Waals surface area contributed by atoms with Crippen molar-refractivity contribution in [3.8, 4) is 0 Å². The average molecular weight is 388 g/mol. The normalized spacial score (nSPS) is 20.9. The Hall–Kier alpha value is -2.98. The lowest BCUT2D eigenvalue weighted by Gasteiger charge is -2.36. The minimum Gasteiger partial charge on any atom is -0.394 e. The van der Waals surface area contributed by atoms with Crippen molar-refractivity contribution in [3.63, 3.8) is 0 Å². The lowest BCUT2D eigenvalue weighted by molar-refractivity contribution is -0.532. The number of aliphatic imine (C=N–C) groups is 1. The Morgan fingerprint density at radius 3 is 2.93 bits per heavy atom. The maximum absolute atomic E-state index is 11.5. The number of anilines is 2. The summed E-state index contributed by atoms with van der Waals surface area (Å²) in [5.74, 6) is 0.319.